The van der Waals surface area contributed by atoms with Crippen LogP contribution in [0.2, 0.25) is 0 Å². The molecule has 1 aliphatic rings. The largest absolute Gasteiger partial charge is 0.461 e. The van der Waals surface area contributed by atoms with Crippen LogP contribution >= 0.6 is 0 Å². The van der Waals surface area contributed by atoms with Crippen LogP contribution < -0.4 is 0 Å². The maximum Gasteiger partial charge on any atom is 0.302 e. The summed E-state index contributed by atoms with van der Waals surface area (Å²) in [6.07, 6.45) is 6.31. The van der Waals surface area contributed by atoms with Crippen LogP contribution in [-0.2, 0) is 9.53 Å². The Hall–Kier alpha value is -1.39. The van der Waals surface area contributed by atoms with Gasteiger partial charge in [-0.05, 0) is 69.3 Å². The van der Waals surface area contributed by atoms with Crippen LogP contribution in [0.4, 0.5) is 0 Å². The summed E-state index contributed by atoms with van der Waals surface area (Å²) >= 11 is 0. The topological polar surface area (TPSA) is 66.8 Å². The lowest BCUT2D eigenvalue weighted by atomic mass is 9.61. The fourth-order valence-corrected chi connectivity index (χ4v) is 3.76. The fraction of sp³-hybridized carbons (Fsp3) is 0.682. The summed E-state index contributed by atoms with van der Waals surface area (Å²) in [6.45, 7) is 17.3. The van der Waals surface area contributed by atoms with Gasteiger partial charge in [0.05, 0.1) is 11.7 Å². The number of allylic oxidation sites excluding steroid dienone is 2. The number of carbonyl (C=O) groups excluding carboxylic acids is 1. The highest BCUT2D eigenvalue weighted by Gasteiger charge is 2.39. The Morgan fingerprint density at radius 3 is 2.50 bits per heavy atom. The molecule has 4 heteroatoms. The molecule has 0 heterocycles. The van der Waals surface area contributed by atoms with E-state index in [1.165, 1.54) is 6.92 Å². The molecule has 1 rings (SSSR count). The van der Waals surface area contributed by atoms with Crippen molar-refractivity contribution in [2.45, 2.75) is 72.0 Å². The normalized spacial score (nSPS) is 28.3. The number of ether oxygens (including phenoxy) is 1. The minimum atomic E-state index is -1.17. The van der Waals surface area contributed by atoms with Gasteiger partial charge in [0.25, 0.3) is 0 Å². The van der Waals surface area contributed by atoms with E-state index < -0.39 is 11.7 Å². The summed E-state index contributed by atoms with van der Waals surface area (Å²) < 4.78 is 5.26. The zero-order valence-electron chi connectivity index (χ0n) is 17.0. The van der Waals surface area contributed by atoms with Gasteiger partial charge in [-0.25, -0.2) is 0 Å². The van der Waals surface area contributed by atoms with Crippen molar-refractivity contribution in [2.75, 3.05) is 6.61 Å². The van der Waals surface area contributed by atoms with Crippen molar-refractivity contribution in [1.29, 1.82) is 0 Å². The molecule has 2 N–H and O–H groups in total. The second kappa shape index (κ2) is 9.01. The molecule has 0 aromatic carbocycles. The minimum absolute atomic E-state index is 0.0292. The van der Waals surface area contributed by atoms with Crippen molar-refractivity contribution in [3.8, 4) is 0 Å². The summed E-state index contributed by atoms with van der Waals surface area (Å²) in [6, 6.07) is 0. The Kier molecular flexibility index (Phi) is 7.85. The maximum absolute atomic E-state index is 11.3. The Morgan fingerprint density at radius 1 is 1.42 bits per heavy atom. The molecule has 0 saturated heterocycles. The van der Waals surface area contributed by atoms with Crippen molar-refractivity contribution in [3.05, 3.63) is 36.5 Å². The van der Waals surface area contributed by atoms with Crippen LogP contribution in [0, 0.1) is 17.3 Å². The number of aliphatic hydroxyl groups excluding tert-OH is 1. The van der Waals surface area contributed by atoms with Gasteiger partial charge < -0.3 is 14.9 Å². The minimum Gasteiger partial charge on any atom is -0.461 e. The molecule has 0 aromatic heterocycles. The molecular formula is C22H36O4. The quantitative estimate of drug-likeness (QED) is 0.501. The van der Waals surface area contributed by atoms with Crippen LogP contribution in [0.15, 0.2) is 36.5 Å². The third-order valence-corrected chi connectivity index (χ3v) is 5.79. The summed E-state index contributed by atoms with van der Waals surface area (Å²) in [4.78, 5) is 11.3. The zero-order valence-corrected chi connectivity index (χ0v) is 17.0. The molecule has 0 unspecified atom stereocenters. The van der Waals surface area contributed by atoms with Gasteiger partial charge in [-0.1, -0.05) is 31.2 Å². The van der Waals surface area contributed by atoms with E-state index in [0.717, 1.165) is 30.4 Å². The molecule has 4 nitrogen and oxygen atoms in total. The highest BCUT2D eigenvalue weighted by Crippen LogP contribution is 2.49. The molecular weight excluding hydrogens is 328 g/mol. The SMILES string of the molecule is C=C[C@@]1(C)CC[C@H](/C(=C/C[C@H](O)C(C)(C)O)COC(C)=O)C[C@@H]1C(=C)C. The van der Waals surface area contributed by atoms with E-state index in [0.29, 0.717) is 12.3 Å². The van der Waals surface area contributed by atoms with E-state index in [9.17, 15) is 15.0 Å². The molecule has 148 valence electrons. The standard InChI is InChI=1S/C22H36O4/c1-8-22(7)12-11-17(13-19(22)15(2)3)18(14-26-16(4)23)9-10-20(24)21(5,6)25/h8-9,17,19-20,24-25H,1-2,10-14H2,3-7H3/b18-9+/t17-,19+,20-,22-/m0/s1. The first-order valence-corrected chi connectivity index (χ1v) is 9.42. The lowest BCUT2D eigenvalue weighted by molar-refractivity contribution is -0.140. The van der Waals surface area contributed by atoms with Crippen LogP contribution in [0.1, 0.15) is 60.3 Å². The summed E-state index contributed by atoms with van der Waals surface area (Å²) in [5.74, 6) is 0.263. The fourth-order valence-electron chi connectivity index (χ4n) is 3.76. The third kappa shape index (κ3) is 6.10. The number of rotatable bonds is 8. The molecule has 1 aliphatic carbocycles. The molecule has 4 atom stereocenters. The van der Waals surface area contributed by atoms with Crippen molar-refractivity contribution in [1.82, 2.24) is 0 Å². The van der Waals surface area contributed by atoms with Crippen molar-refractivity contribution >= 4 is 5.97 Å². The second-order valence-corrected chi connectivity index (χ2v) is 8.54. The summed E-state index contributed by atoms with van der Waals surface area (Å²) in [7, 11) is 0. The van der Waals surface area contributed by atoms with E-state index in [2.05, 4.69) is 27.0 Å². The van der Waals surface area contributed by atoms with Gasteiger partial charge in [0.1, 0.15) is 6.61 Å². The van der Waals surface area contributed by atoms with Gasteiger partial charge in [-0.3, -0.25) is 4.79 Å². The highest BCUT2D eigenvalue weighted by atomic mass is 16.5. The molecule has 0 radical (unpaired) electrons. The third-order valence-electron chi connectivity index (χ3n) is 5.79. The first-order chi connectivity index (χ1) is 11.9. The molecule has 0 aromatic rings. The van der Waals surface area contributed by atoms with Crippen molar-refractivity contribution in [2.24, 2.45) is 17.3 Å². The monoisotopic (exact) mass is 364 g/mol. The van der Waals surface area contributed by atoms with Crippen molar-refractivity contribution < 1.29 is 19.7 Å². The lowest BCUT2D eigenvalue weighted by Crippen LogP contribution is -2.36. The maximum atomic E-state index is 11.3. The van der Waals surface area contributed by atoms with Crippen LogP contribution in [-0.4, -0.2) is 34.5 Å². The Bertz CT molecular complexity index is 555. The zero-order chi connectivity index (χ0) is 20.1. The van der Waals surface area contributed by atoms with Gasteiger partial charge in [-0.2, -0.15) is 0 Å². The van der Waals surface area contributed by atoms with E-state index >= 15 is 0 Å². The predicted octanol–water partition coefficient (Wildman–Crippen LogP) is 4.18. The molecule has 26 heavy (non-hydrogen) atoms. The lowest BCUT2D eigenvalue weighted by Gasteiger charge is -2.44. The average molecular weight is 365 g/mol. The van der Waals surface area contributed by atoms with E-state index in [4.69, 9.17) is 4.74 Å². The second-order valence-electron chi connectivity index (χ2n) is 8.54. The number of esters is 1. The number of aliphatic hydroxyl groups is 2. The molecule has 0 bridgehead atoms. The van der Waals surface area contributed by atoms with Crippen LogP contribution in [0.3, 0.4) is 0 Å². The van der Waals surface area contributed by atoms with Crippen molar-refractivity contribution in [3.63, 3.8) is 0 Å². The smallest absolute Gasteiger partial charge is 0.302 e. The highest BCUT2D eigenvalue weighted by molar-refractivity contribution is 5.66. The number of carbonyl (C=O) groups is 1. The molecule has 1 saturated carbocycles. The van der Waals surface area contributed by atoms with E-state index in [-0.39, 0.29) is 23.9 Å². The van der Waals surface area contributed by atoms with Crippen LogP contribution in [0.5, 0.6) is 0 Å². The molecule has 0 spiro atoms. The summed E-state index contributed by atoms with van der Waals surface area (Å²) in [5, 5.41) is 20.1. The Morgan fingerprint density at radius 2 is 2.04 bits per heavy atom. The Labute approximate surface area is 158 Å². The number of hydrogen-bond acceptors (Lipinski definition) is 4. The molecule has 1 fully saturated rings. The van der Waals surface area contributed by atoms with Gasteiger partial charge in [0.2, 0.25) is 0 Å². The van der Waals surface area contributed by atoms with Gasteiger partial charge in [-0.15, -0.1) is 6.58 Å². The average Bonchev–Trinajstić information content (AvgIpc) is 2.54. The van der Waals surface area contributed by atoms with E-state index in [1.54, 1.807) is 13.8 Å². The predicted molar refractivity (Wildman–Crippen MR) is 106 cm³/mol. The van der Waals surface area contributed by atoms with Gasteiger partial charge in [0.15, 0.2) is 0 Å². The number of hydrogen-bond donors (Lipinski definition) is 2. The molecule has 0 amide bonds. The summed E-state index contributed by atoms with van der Waals surface area (Å²) in [5.41, 5.74) is 1.01. The first-order valence-electron chi connectivity index (χ1n) is 9.42. The van der Waals surface area contributed by atoms with Gasteiger partial charge >= 0.3 is 5.97 Å². The molecule has 0 aliphatic heterocycles. The van der Waals surface area contributed by atoms with Gasteiger partial charge in [0, 0.05) is 6.92 Å². The van der Waals surface area contributed by atoms with E-state index in [1.807, 2.05) is 12.2 Å². The Balaban J connectivity index is 3.01. The van der Waals surface area contributed by atoms with Crippen LogP contribution in [0.25, 0.3) is 0 Å². The first kappa shape index (κ1) is 22.7.